The van der Waals surface area contributed by atoms with Gasteiger partial charge in [0.05, 0.1) is 17.2 Å². The van der Waals surface area contributed by atoms with Crippen molar-refractivity contribution < 1.29 is 0 Å². The van der Waals surface area contributed by atoms with Crippen LogP contribution in [0.3, 0.4) is 0 Å². The van der Waals surface area contributed by atoms with Crippen molar-refractivity contribution in [1.29, 1.82) is 0 Å². The van der Waals surface area contributed by atoms with Crippen LogP contribution in [0.15, 0.2) is 27.7 Å². The first-order chi connectivity index (χ1) is 6.36. The Labute approximate surface area is 85.3 Å². The van der Waals surface area contributed by atoms with E-state index in [0.717, 1.165) is 5.69 Å². The summed E-state index contributed by atoms with van der Waals surface area (Å²) in [6, 6.07) is 2.37. The summed E-state index contributed by atoms with van der Waals surface area (Å²) in [6.45, 7) is 2.12. The summed E-state index contributed by atoms with van der Waals surface area (Å²) < 4.78 is 0. The summed E-state index contributed by atoms with van der Waals surface area (Å²) in [7, 11) is 0. The molecule has 2 heterocycles. The van der Waals surface area contributed by atoms with E-state index in [9.17, 15) is 0 Å². The second-order valence-corrected chi connectivity index (χ2v) is 4.29. The van der Waals surface area contributed by atoms with Gasteiger partial charge in [0.2, 0.25) is 0 Å². The van der Waals surface area contributed by atoms with E-state index in [-0.39, 0.29) is 0 Å². The Morgan fingerprint density at radius 2 is 2.31 bits per heavy atom. The van der Waals surface area contributed by atoms with Crippen molar-refractivity contribution in [3.8, 4) is 0 Å². The maximum atomic E-state index is 4.26. The fraction of sp³-hybridized carbons (Fsp3) is 0.222. The van der Waals surface area contributed by atoms with E-state index in [1.165, 1.54) is 5.69 Å². The molecule has 0 spiro atoms. The van der Waals surface area contributed by atoms with E-state index in [1.54, 1.807) is 22.7 Å². The predicted octanol–water partition coefficient (Wildman–Crippen LogP) is 3.38. The number of aromatic nitrogens is 1. The molecule has 0 fully saturated rings. The van der Waals surface area contributed by atoms with Gasteiger partial charge in [-0.2, -0.15) is 11.3 Å². The number of anilines is 1. The molecule has 1 unspecified atom stereocenters. The third-order valence-corrected chi connectivity index (χ3v) is 3.09. The van der Waals surface area contributed by atoms with Crippen LogP contribution in [0, 0.1) is 0 Å². The van der Waals surface area contributed by atoms with Gasteiger partial charge in [-0.1, -0.05) is 0 Å². The Kier molecular flexibility index (Phi) is 2.61. The molecule has 0 radical (unpaired) electrons. The highest BCUT2D eigenvalue weighted by Gasteiger charge is 2.06. The van der Waals surface area contributed by atoms with Gasteiger partial charge in [0.1, 0.15) is 0 Å². The molecule has 0 aliphatic heterocycles. The Balaban J connectivity index is 2.04. The molecule has 0 bridgehead atoms. The first-order valence-corrected chi connectivity index (χ1v) is 5.91. The molecule has 1 atom stereocenters. The van der Waals surface area contributed by atoms with Crippen molar-refractivity contribution in [1.82, 2.24) is 4.98 Å². The van der Waals surface area contributed by atoms with Crippen LogP contribution in [0.2, 0.25) is 0 Å². The molecular formula is C9H10N2S2. The SMILES string of the molecule is CC(Nc1ccsc1)c1cscn1. The Hall–Kier alpha value is -0.870. The summed E-state index contributed by atoms with van der Waals surface area (Å²) in [6.07, 6.45) is 0. The smallest absolute Gasteiger partial charge is 0.0795 e. The third-order valence-electron chi connectivity index (χ3n) is 1.80. The minimum atomic E-state index is 0.292. The van der Waals surface area contributed by atoms with Crippen molar-refractivity contribution in [3.63, 3.8) is 0 Å². The van der Waals surface area contributed by atoms with Crippen LogP contribution in [0.25, 0.3) is 0 Å². The van der Waals surface area contributed by atoms with E-state index in [0.29, 0.717) is 6.04 Å². The van der Waals surface area contributed by atoms with Gasteiger partial charge in [0, 0.05) is 16.4 Å². The highest BCUT2D eigenvalue weighted by molar-refractivity contribution is 7.08. The fourth-order valence-electron chi connectivity index (χ4n) is 1.11. The number of thiazole rings is 1. The largest absolute Gasteiger partial charge is 0.376 e. The summed E-state index contributed by atoms with van der Waals surface area (Å²) in [5, 5.41) is 9.62. The van der Waals surface area contributed by atoms with Crippen LogP contribution in [0.4, 0.5) is 5.69 Å². The summed E-state index contributed by atoms with van der Waals surface area (Å²) in [5.74, 6) is 0. The average Bonchev–Trinajstić information content (AvgIpc) is 2.74. The van der Waals surface area contributed by atoms with Gasteiger partial charge in [-0.25, -0.2) is 4.98 Å². The average molecular weight is 210 g/mol. The molecule has 2 nitrogen and oxygen atoms in total. The van der Waals surface area contributed by atoms with E-state index in [1.807, 2.05) is 5.51 Å². The maximum absolute atomic E-state index is 4.26. The van der Waals surface area contributed by atoms with Crippen molar-refractivity contribution >= 4 is 28.4 Å². The molecule has 0 aromatic carbocycles. The van der Waals surface area contributed by atoms with Crippen LogP contribution in [-0.2, 0) is 0 Å². The lowest BCUT2D eigenvalue weighted by molar-refractivity contribution is 0.851. The molecule has 2 aromatic heterocycles. The topological polar surface area (TPSA) is 24.9 Å². The van der Waals surface area contributed by atoms with E-state index >= 15 is 0 Å². The normalized spacial score (nSPS) is 12.7. The van der Waals surface area contributed by atoms with Crippen LogP contribution in [-0.4, -0.2) is 4.98 Å². The highest BCUT2D eigenvalue weighted by Crippen LogP contribution is 2.20. The maximum Gasteiger partial charge on any atom is 0.0795 e. The molecule has 0 aliphatic carbocycles. The number of hydrogen-bond acceptors (Lipinski definition) is 4. The predicted molar refractivity (Wildman–Crippen MR) is 58.5 cm³/mol. The zero-order valence-corrected chi connectivity index (χ0v) is 8.86. The second kappa shape index (κ2) is 3.89. The zero-order valence-electron chi connectivity index (χ0n) is 7.23. The lowest BCUT2D eigenvalue weighted by atomic mass is 10.2. The number of rotatable bonds is 3. The minimum absolute atomic E-state index is 0.292. The minimum Gasteiger partial charge on any atom is -0.376 e. The van der Waals surface area contributed by atoms with Crippen LogP contribution in [0.5, 0.6) is 0 Å². The molecule has 4 heteroatoms. The number of thiophene rings is 1. The van der Waals surface area contributed by atoms with Gasteiger partial charge in [-0.05, 0) is 18.4 Å². The van der Waals surface area contributed by atoms with Crippen molar-refractivity contribution in [3.05, 3.63) is 33.4 Å². The molecule has 2 rings (SSSR count). The molecule has 13 heavy (non-hydrogen) atoms. The van der Waals surface area contributed by atoms with Gasteiger partial charge in [-0.3, -0.25) is 0 Å². The van der Waals surface area contributed by atoms with Crippen molar-refractivity contribution in [2.24, 2.45) is 0 Å². The van der Waals surface area contributed by atoms with Gasteiger partial charge in [0.15, 0.2) is 0 Å². The molecule has 2 aromatic rings. The zero-order chi connectivity index (χ0) is 9.10. The van der Waals surface area contributed by atoms with Crippen molar-refractivity contribution in [2.75, 3.05) is 5.32 Å². The van der Waals surface area contributed by atoms with Gasteiger partial charge in [0.25, 0.3) is 0 Å². The number of hydrogen-bond donors (Lipinski definition) is 1. The third kappa shape index (κ3) is 2.08. The molecule has 0 saturated heterocycles. The molecule has 68 valence electrons. The summed E-state index contributed by atoms with van der Waals surface area (Å²) in [5.41, 5.74) is 4.14. The first kappa shape index (κ1) is 8.72. The van der Waals surface area contributed by atoms with Crippen LogP contribution < -0.4 is 5.32 Å². The Morgan fingerprint density at radius 3 is 2.92 bits per heavy atom. The first-order valence-electron chi connectivity index (χ1n) is 4.03. The molecule has 0 aliphatic rings. The highest BCUT2D eigenvalue weighted by atomic mass is 32.1. The second-order valence-electron chi connectivity index (χ2n) is 2.79. The van der Waals surface area contributed by atoms with Gasteiger partial charge >= 0.3 is 0 Å². The summed E-state index contributed by atoms with van der Waals surface area (Å²) >= 11 is 3.33. The fourth-order valence-corrected chi connectivity index (χ4v) is 2.35. The van der Waals surface area contributed by atoms with E-state index in [2.05, 4.69) is 39.4 Å². The van der Waals surface area contributed by atoms with Gasteiger partial charge in [-0.15, -0.1) is 11.3 Å². The monoisotopic (exact) mass is 210 g/mol. The van der Waals surface area contributed by atoms with E-state index < -0.39 is 0 Å². The lowest BCUT2D eigenvalue weighted by Gasteiger charge is -2.10. The Morgan fingerprint density at radius 1 is 1.38 bits per heavy atom. The molecular weight excluding hydrogens is 200 g/mol. The van der Waals surface area contributed by atoms with Crippen LogP contribution >= 0.6 is 22.7 Å². The van der Waals surface area contributed by atoms with Crippen LogP contribution in [0.1, 0.15) is 18.7 Å². The molecule has 1 N–H and O–H groups in total. The summed E-state index contributed by atoms with van der Waals surface area (Å²) in [4.78, 5) is 4.26. The van der Waals surface area contributed by atoms with Gasteiger partial charge < -0.3 is 5.32 Å². The lowest BCUT2D eigenvalue weighted by Crippen LogP contribution is -2.05. The molecule has 0 saturated carbocycles. The standard InChI is InChI=1S/C9H10N2S2/c1-7(9-5-13-6-10-9)11-8-2-3-12-4-8/h2-7,11H,1H3. The quantitative estimate of drug-likeness (QED) is 0.840. The Bertz CT molecular complexity index is 340. The number of nitrogens with one attached hydrogen (secondary N) is 1. The van der Waals surface area contributed by atoms with E-state index in [4.69, 9.17) is 0 Å². The molecule has 0 amide bonds. The number of nitrogens with zero attached hydrogens (tertiary/aromatic N) is 1. The van der Waals surface area contributed by atoms with Crippen molar-refractivity contribution in [2.45, 2.75) is 13.0 Å².